The van der Waals surface area contributed by atoms with E-state index in [1.807, 2.05) is 59.5 Å². The summed E-state index contributed by atoms with van der Waals surface area (Å²) in [6.45, 7) is 1.24. The molecule has 1 aliphatic rings. The van der Waals surface area contributed by atoms with Crippen LogP contribution in [0.5, 0.6) is 17.2 Å². The number of carbonyl (C=O) groups is 1. The van der Waals surface area contributed by atoms with Gasteiger partial charge in [0.1, 0.15) is 5.75 Å². The third kappa shape index (κ3) is 3.48. The van der Waals surface area contributed by atoms with E-state index in [1.165, 1.54) is 5.56 Å². The van der Waals surface area contributed by atoms with Gasteiger partial charge in [-0.2, -0.15) is 0 Å². The number of methoxy groups -OCH3 is 2. The highest BCUT2D eigenvalue weighted by atomic mass is 16.5. The van der Waals surface area contributed by atoms with Gasteiger partial charge in [-0.25, -0.2) is 0 Å². The van der Waals surface area contributed by atoms with Gasteiger partial charge in [0.05, 0.1) is 14.2 Å². The summed E-state index contributed by atoms with van der Waals surface area (Å²) in [4.78, 5) is 14.6. The molecule has 1 heterocycles. The molecule has 0 aromatic heterocycles. The minimum absolute atomic E-state index is 0.0200. The number of benzene rings is 3. The van der Waals surface area contributed by atoms with Crippen LogP contribution in [0.2, 0.25) is 0 Å². The molecule has 0 saturated heterocycles. The van der Waals surface area contributed by atoms with Gasteiger partial charge >= 0.3 is 0 Å². The van der Waals surface area contributed by atoms with Crippen LogP contribution in [-0.2, 0) is 17.8 Å². The van der Waals surface area contributed by atoms with E-state index in [2.05, 4.69) is 0 Å². The largest absolute Gasteiger partial charge is 0.493 e. The smallest absolute Gasteiger partial charge is 0.260 e. The Hall–Kier alpha value is -3.21. The second kappa shape index (κ2) is 7.80. The fourth-order valence-corrected chi connectivity index (χ4v) is 3.65. The monoisotopic (exact) mass is 377 g/mol. The van der Waals surface area contributed by atoms with Gasteiger partial charge in [0.15, 0.2) is 18.1 Å². The van der Waals surface area contributed by atoms with Crippen LogP contribution < -0.4 is 14.2 Å². The lowest BCUT2D eigenvalue weighted by atomic mass is 9.99. The molecule has 4 rings (SSSR count). The van der Waals surface area contributed by atoms with Gasteiger partial charge in [0.25, 0.3) is 5.91 Å². The quantitative estimate of drug-likeness (QED) is 0.678. The van der Waals surface area contributed by atoms with Crippen molar-refractivity contribution < 1.29 is 19.0 Å². The van der Waals surface area contributed by atoms with Crippen LogP contribution in [0.4, 0.5) is 0 Å². The maximum absolute atomic E-state index is 12.7. The first-order valence-electron chi connectivity index (χ1n) is 9.31. The van der Waals surface area contributed by atoms with Crippen molar-refractivity contribution in [3.8, 4) is 17.2 Å². The fourth-order valence-electron chi connectivity index (χ4n) is 3.65. The van der Waals surface area contributed by atoms with Gasteiger partial charge in [0, 0.05) is 18.5 Å². The molecule has 0 saturated carbocycles. The Morgan fingerprint density at radius 1 is 0.929 bits per heavy atom. The van der Waals surface area contributed by atoms with Gasteiger partial charge in [0.2, 0.25) is 0 Å². The Balaban J connectivity index is 1.46. The molecule has 5 nitrogen and oxygen atoms in total. The van der Waals surface area contributed by atoms with Crippen LogP contribution in [0.15, 0.2) is 54.6 Å². The number of fused-ring (bicyclic) bond motifs is 2. The summed E-state index contributed by atoms with van der Waals surface area (Å²) in [5.41, 5.74) is 2.28. The molecule has 0 bridgehead atoms. The Bertz CT molecular complexity index is 1010. The molecule has 5 heteroatoms. The van der Waals surface area contributed by atoms with Crippen molar-refractivity contribution in [3.63, 3.8) is 0 Å². The van der Waals surface area contributed by atoms with Gasteiger partial charge < -0.3 is 19.1 Å². The number of nitrogens with zero attached hydrogens (tertiary/aromatic N) is 1. The van der Waals surface area contributed by atoms with Crippen molar-refractivity contribution in [2.75, 3.05) is 27.4 Å². The average molecular weight is 377 g/mol. The summed E-state index contributed by atoms with van der Waals surface area (Å²) in [6.07, 6.45) is 0.787. The first kappa shape index (κ1) is 18.2. The number of ether oxygens (including phenoxy) is 3. The van der Waals surface area contributed by atoms with E-state index in [1.54, 1.807) is 14.2 Å². The molecule has 144 valence electrons. The molecule has 3 aromatic carbocycles. The Kier molecular flexibility index (Phi) is 5.06. The summed E-state index contributed by atoms with van der Waals surface area (Å²) < 4.78 is 16.6. The molecule has 0 atom stereocenters. The lowest BCUT2D eigenvalue weighted by molar-refractivity contribution is -0.134. The van der Waals surface area contributed by atoms with Crippen molar-refractivity contribution in [1.82, 2.24) is 4.90 Å². The standard InChI is InChI=1S/C23H23NO4/c1-26-21-12-17-10-11-24(14-18(17)13-22(21)27-2)23(25)15-28-20-9-5-7-16-6-3-4-8-19(16)20/h3-9,12-13H,10-11,14-15H2,1-2H3. The predicted octanol–water partition coefficient (Wildman–Crippen LogP) is 3.82. The molecule has 0 spiro atoms. The number of carbonyl (C=O) groups excluding carboxylic acids is 1. The maximum atomic E-state index is 12.7. The van der Waals surface area contributed by atoms with Crippen molar-refractivity contribution in [3.05, 3.63) is 65.7 Å². The second-order valence-corrected chi connectivity index (χ2v) is 6.81. The zero-order valence-electron chi connectivity index (χ0n) is 16.1. The zero-order valence-corrected chi connectivity index (χ0v) is 16.1. The second-order valence-electron chi connectivity index (χ2n) is 6.81. The molecule has 0 unspecified atom stereocenters. The van der Waals surface area contributed by atoms with E-state index in [-0.39, 0.29) is 12.5 Å². The van der Waals surface area contributed by atoms with Crippen molar-refractivity contribution >= 4 is 16.7 Å². The summed E-state index contributed by atoms with van der Waals surface area (Å²) in [6, 6.07) is 17.8. The first-order chi connectivity index (χ1) is 13.7. The predicted molar refractivity (Wildman–Crippen MR) is 108 cm³/mol. The average Bonchev–Trinajstić information content (AvgIpc) is 2.75. The van der Waals surface area contributed by atoms with E-state index in [0.29, 0.717) is 18.8 Å². The van der Waals surface area contributed by atoms with E-state index in [0.717, 1.165) is 34.3 Å². The SMILES string of the molecule is COc1cc2c(cc1OC)CN(C(=O)COc1cccc3ccccc13)CC2. The highest BCUT2D eigenvalue weighted by Crippen LogP contribution is 2.33. The lowest BCUT2D eigenvalue weighted by Crippen LogP contribution is -2.38. The molecule has 0 fully saturated rings. The van der Waals surface area contributed by atoms with E-state index >= 15 is 0 Å². The molecular formula is C23H23NO4. The van der Waals surface area contributed by atoms with Gasteiger partial charge in [-0.15, -0.1) is 0 Å². The Labute approximate surface area is 164 Å². The summed E-state index contributed by atoms with van der Waals surface area (Å²) in [5.74, 6) is 2.12. The van der Waals surface area contributed by atoms with Gasteiger partial charge in [-0.3, -0.25) is 4.79 Å². The molecule has 3 aromatic rings. The minimum atomic E-state index is -0.0200. The molecule has 1 amide bonds. The van der Waals surface area contributed by atoms with E-state index in [4.69, 9.17) is 14.2 Å². The highest BCUT2D eigenvalue weighted by molar-refractivity contribution is 5.88. The van der Waals surface area contributed by atoms with Crippen molar-refractivity contribution in [2.24, 2.45) is 0 Å². The Morgan fingerprint density at radius 2 is 1.64 bits per heavy atom. The molecule has 28 heavy (non-hydrogen) atoms. The fraction of sp³-hybridized carbons (Fsp3) is 0.261. The Morgan fingerprint density at radius 3 is 2.43 bits per heavy atom. The van der Waals surface area contributed by atoms with E-state index < -0.39 is 0 Å². The van der Waals surface area contributed by atoms with Crippen LogP contribution in [0.1, 0.15) is 11.1 Å². The van der Waals surface area contributed by atoms with Crippen LogP contribution in [-0.4, -0.2) is 38.2 Å². The van der Waals surface area contributed by atoms with Crippen LogP contribution >= 0.6 is 0 Å². The summed E-state index contributed by atoms with van der Waals surface area (Å²) in [7, 11) is 3.25. The highest BCUT2D eigenvalue weighted by Gasteiger charge is 2.23. The third-order valence-electron chi connectivity index (χ3n) is 5.17. The third-order valence-corrected chi connectivity index (χ3v) is 5.17. The molecule has 0 N–H and O–H groups in total. The number of hydrogen-bond donors (Lipinski definition) is 0. The normalized spacial score (nSPS) is 13.1. The number of rotatable bonds is 5. The summed E-state index contributed by atoms with van der Waals surface area (Å²) in [5, 5.41) is 2.11. The van der Waals surface area contributed by atoms with Gasteiger partial charge in [-0.05, 0) is 41.1 Å². The zero-order chi connectivity index (χ0) is 19.5. The number of amides is 1. The molecule has 1 aliphatic heterocycles. The van der Waals surface area contributed by atoms with Crippen LogP contribution in [0.3, 0.4) is 0 Å². The molecule has 0 radical (unpaired) electrons. The maximum Gasteiger partial charge on any atom is 0.260 e. The minimum Gasteiger partial charge on any atom is -0.493 e. The topological polar surface area (TPSA) is 48.0 Å². The van der Waals surface area contributed by atoms with E-state index in [9.17, 15) is 4.79 Å². The first-order valence-corrected chi connectivity index (χ1v) is 9.31. The van der Waals surface area contributed by atoms with Crippen molar-refractivity contribution in [2.45, 2.75) is 13.0 Å². The molecular weight excluding hydrogens is 354 g/mol. The lowest BCUT2D eigenvalue weighted by Gasteiger charge is -2.29. The van der Waals surface area contributed by atoms with Crippen molar-refractivity contribution in [1.29, 1.82) is 0 Å². The van der Waals surface area contributed by atoms with Gasteiger partial charge in [-0.1, -0.05) is 36.4 Å². The van der Waals surface area contributed by atoms with Crippen LogP contribution in [0.25, 0.3) is 10.8 Å². The number of hydrogen-bond acceptors (Lipinski definition) is 4. The molecule has 0 aliphatic carbocycles. The summed E-state index contributed by atoms with van der Waals surface area (Å²) >= 11 is 0. The van der Waals surface area contributed by atoms with Crippen LogP contribution in [0, 0.1) is 0 Å².